The Balaban J connectivity index is 1.09. The van der Waals surface area contributed by atoms with E-state index in [9.17, 15) is 9.59 Å². The second-order valence-electron chi connectivity index (χ2n) is 9.74. The maximum atomic E-state index is 12.7. The van der Waals surface area contributed by atoms with Crippen LogP contribution >= 0.6 is 0 Å². The van der Waals surface area contributed by atoms with Crippen molar-refractivity contribution >= 4 is 11.8 Å². The Morgan fingerprint density at radius 2 is 1.36 bits per heavy atom. The van der Waals surface area contributed by atoms with Gasteiger partial charge in [0.05, 0.1) is 7.11 Å². The summed E-state index contributed by atoms with van der Waals surface area (Å²) in [5.74, 6) is 2.33. The molecule has 0 atom stereocenters. The van der Waals surface area contributed by atoms with Crippen molar-refractivity contribution in [1.82, 2.24) is 14.7 Å². The van der Waals surface area contributed by atoms with E-state index in [1.807, 2.05) is 40.1 Å². The van der Waals surface area contributed by atoms with Gasteiger partial charge in [-0.2, -0.15) is 0 Å². The number of hydrogen-bond acceptors (Lipinski definition) is 5. The first-order valence-electron chi connectivity index (χ1n) is 13.2. The summed E-state index contributed by atoms with van der Waals surface area (Å²) in [7, 11) is 1.64. The maximum Gasteiger partial charge on any atom is 0.223 e. The number of amides is 2. The number of para-hydroxylation sites is 2. The normalized spacial score (nSPS) is 17.1. The number of rotatable bonds is 10. The molecule has 194 valence electrons. The molecule has 0 saturated carbocycles. The summed E-state index contributed by atoms with van der Waals surface area (Å²) in [5.41, 5.74) is 1.37. The van der Waals surface area contributed by atoms with Crippen LogP contribution in [0.1, 0.15) is 31.2 Å². The van der Waals surface area contributed by atoms with Gasteiger partial charge in [-0.15, -0.1) is 0 Å². The summed E-state index contributed by atoms with van der Waals surface area (Å²) in [6.07, 6.45) is 3.78. The monoisotopic (exact) mass is 493 g/mol. The molecule has 0 aliphatic carbocycles. The molecule has 4 rings (SSSR count). The van der Waals surface area contributed by atoms with E-state index in [0.29, 0.717) is 38.5 Å². The Hall–Kier alpha value is -3.06. The van der Waals surface area contributed by atoms with Gasteiger partial charge in [0.1, 0.15) is 6.61 Å². The lowest BCUT2D eigenvalue weighted by molar-refractivity contribution is -0.138. The Kier molecular flexibility index (Phi) is 9.61. The number of ether oxygens (including phenoxy) is 2. The number of carbonyl (C=O) groups is 2. The lowest BCUT2D eigenvalue weighted by Crippen LogP contribution is -2.49. The average molecular weight is 494 g/mol. The van der Waals surface area contributed by atoms with Crippen LogP contribution in [0.3, 0.4) is 0 Å². The van der Waals surface area contributed by atoms with Crippen molar-refractivity contribution in [3.63, 3.8) is 0 Å². The molecule has 7 heteroatoms. The fraction of sp³-hybridized carbons (Fsp3) is 0.517. The molecule has 0 bridgehead atoms. The molecule has 36 heavy (non-hydrogen) atoms. The van der Waals surface area contributed by atoms with E-state index in [2.05, 4.69) is 29.2 Å². The van der Waals surface area contributed by atoms with Gasteiger partial charge in [0, 0.05) is 58.7 Å². The summed E-state index contributed by atoms with van der Waals surface area (Å²) in [5, 5.41) is 0. The van der Waals surface area contributed by atoms with Gasteiger partial charge < -0.3 is 19.3 Å². The Labute approximate surface area is 215 Å². The fourth-order valence-corrected chi connectivity index (χ4v) is 5.11. The zero-order valence-corrected chi connectivity index (χ0v) is 21.4. The van der Waals surface area contributed by atoms with Gasteiger partial charge in [0.25, 0.3) is 0 Å². The minimum Gasteiger partial charge on any atom is -0.493 e. The van der Waals surface area contributed by atoms with Crippen molar-refractivity contribution < 1.29 is 19.1 Å². The van der Waals surface area contributed by atoms with Gasteiger partial charge in [-0.1, -0.05) is 42.5 Å². The van der Waals surface area contributed by atoms with Crippen LogP contribution in [0.4, 0.5) is 0 Å². The largest absolute Gasteiger partial charge is 0.493 e. The van der Waals surface area contributed by atoms with E-state index in [-0.39, 0.29) is 11.8 Å². The van der Waals surface area contributed by atoms with E-state index in [1.165, 1.54) is 5.56 Å². The SMILES string of the molecule is COc1ccccc1OCCN1CCN(C(=O)CCC(=O)N2CCC(Cc3ccccc3)CC2)CC1. The second-order valence-corrected chi connectivity index (χ2v) is 9.74. The molecule has 0 radical (unpaired) electrons. The van der Waals surface area contributed by atoms with E-state index in [1.54, 1.807) is 7.11 Å². The van der Waals surface area contributed by atoms with Gasteiger partial charge in [-0.05, 0) is 42.9 Å². The topological polar surface area (TPSA) is 62.3 Å². The van der Waals surface area contributed by atoms with Crippen LogP contribution in [0.5, 0.6) is 11.5 Å². The number of methoxy groups -OCH3 is 1. The van der Waals surface area contributed by atoms with Gasteiger partial charge in [0.2, 0.25) is 11.8 Å². The zero-order valence-electron chi connectivity index (χ0n) is 21.4. The molecule has 2 aliphatic rings. The maximum absolute atomic E-state index is 12.7. The molecule has 0 aromatic heterocycles. The quantitative estimate of drug-likeness (QED) is 0.507. The molecule has 2 fully saturated rings. The van der Waals surface area contributed by atoms with E-state index in [4.69, 9.17) is 9.47 Å². The molecule has 0 unspecified atom stereocenters. The molecule has 0 spiro atoms. The molecule has 2 amide bonds. The number of piperazine rings is 1. The molecule has 2 heterocycles. The minimum absolute atomic E-state index is 0.0900. The van der Waals surface area contributed by atoms with Crippen LogP contribution in [0.15, 0.2) is 54.6 Å². The Morgan fingerprint density at radius 1 is 0.778 bits per heavy atom. The Morgan fingerprint density at radius 3 is 2.00 bits per heavy atom. The highest BCUT2D eigenvalue weighted by molar-refractivity contribution is 5.84. The molecule has 2 aliphatic heterocycles. The highest BCUT2D eigenvalue weighted by Gasteiger charge is 2.25. The smallest absolute Gasteiger partial charge is 0.223 e. The van der Waals surface area contributed by atoms with E-state index < -0.39 is 0 Å². The molecule has 2 aromatic carbocycles. The number of nitrogens with zero attached hydrogens (tertiary/aromatic N) is 3. The lowest BCUT2D eigenvalue weighted by Gasteiger charge is -2.35. The first-order chi connectivity index (χ1) is 17.6. The number of carbonyl (C=O) groups excluding carboxylic acids is 2. The highest BCUT2D eigenvalue weighted by atomic mass is 16.5. The van der Waals surface area contributed by atoms with Gasteiger partial charge >= 0.3 is 0 Å². The molecular weight excluding hydrogens is 454 g/mol. The van der Waals surface area contributed by atoms with Gasteiger partial charge in [-0.25, -0.2) is 0 Å². The van der Waals surface area contributed by atoms with Gasteiger partial charge in [0.15, 0.2) is 11.5 Å². The third-order valence-corrected chi connectivity index (χ3v) is 7.35. The van der Waals surface area contributed by atoms with Crippen molar-refractivity contribution in [2.45, 2.75) is 32.1 Å². The number of benzene rings is 2. The van der Waals surface area contributed by atoms with Crippen LogP contribution in [-0.2, 0) is 16.0 Å². The first kappa shape index (κ1) is 26.0. The van der Waals surface area contributed by atoms with Crippen molar-refractivity contribution in [1.29, 1.82) is 0 Å². The zero-order chi connectivity index (χ0) is 25.2. The summed E-state index contributed by atoms with van der Waals surface area (Å²) in [4.78, 5) is 31.6. The molecule has 2 aromatic rings. The second kappa shape index (κ2) is 13.3. The molecule has 7 nitrogen and oxygen atoms in total. The fourth-order valence-electron chi connectivity index (χ4n) is 5.11. The number of likely N-dealkylation sites (tertiary alicyclic amines) is 1. The average Bonchev–Trinajstić information content (AvgIpc) is 2.93. The van der Waals surface area contributed by atoms with Crippen LogP contribution in [0.25, 0.3) is 0 Å². The van der Waals surface area contributed by atoms with E-state index in [0.717, 1.165) is 63.5 Å². The first-order valence-corrected chi connectivity index (χ1v) is 13.2. The van der Waals surface area contributed by atoms with Crippen LogP contribution in [0, 0.1) is 5.92 Å². The predicted octanol–water partition coefficient (Wildman–Crippen LogP) is 3.48. The highest BCUT2D eigenvalue weighted by Crippen LogP contribution is 2.26. The van der Waals surface area contributed by atoms with E-state index >= 15 is 0 Å². The molecular formula is C29H39N3O4. The summed E-state index contributed by atoms with van der Waals surface area (Å²) < 4.78 is 11.2. The minimum atomic E-state index is 0.0900. The number of hydrogen-bond donors (Lipinski definition) is 0. The standard InChI is InChI=1S/C29H39N3O4/c1-35-26-9-5-6-10-27(26)36-22-21-30-17-19-32(20-18-30)29(34)12-11-28(33)31-15-13-25(14-16-31)23-24-7-3-2-4-8-24/h2-10,25H,11-23H2,1H3. The number of piperidine rings is 1. The van der Waals surface area contributed by atoms with Crippen molar-refractivity contribution in [3.05, 3.63) is 60.2 Å². The van der Waals surface area contributed by atoms with Crippen LogP contribution < -0.4 is 9.47 Å². The summed E-state index contributed by atoms with van der Waals surface area (Å²) >= 11 is 0. The van der Waals surface area contributed by atoms with Gasteiger partial charge in [-0.3, -0.25) is 14.5 Å². The third-order valence-electron chi connectivity index (χ3n) is 7.35. The molecule has 0 N–H and O–H groups in total. The lowest BCUT2D eigenvalue weighted by atomic mass is 9.90. The van der Waals surface area contributed by atoms with Crippen LogP contribution in [0.2, 0.25) is 0 Å². The summed E-state index contributed by atoms with van der Waals surface area (Å²) in [6.45, 7) is 6.04. The van der Waals surface area contributed by atoms with Crippen molar-refractivity contribution in [2.75, 3.05) is 59.5 Å². The third kappa shape index (κ3) is 7.47. The predicted molar refractivity (Wildman–Crippen MR) is 140 cm³/mol. The summed E-state index contributed by atoms with van der Waals surface area (Å²) in [6, 6.07) is 18.2. The Bertz CT molecular complexity index is 967. The van der Waals surface area contributed by atoms with Crippen LogP contribution in [-0.4, -0.2) is 86.0 Å². The van der Waals surface area contributed by atoms with Crippen molar-refractivity contribution in [3.8, 4) is 11.5 Å². The molecule has 2 saturated heterocycles. The van der Waals surface area contributed by atoms with Crippen molar-refractivity contribution in [2.24, 2.45) is 5.92 Å².